The molecule has 31 heavy (non-hydrogen) atoms. The molecular formula is C25H33N5S. The van der Waals surface area contributed by atoms with Gasteiger partial charge in [-0.3, -0.25) is 0 Å². The van der Waals surface area contributed by atoms with Crippen molar-refractivity contribution in [2.75, 3.05) is 13.6 Å². The Labute approximate surface area is 188 Å². The Hall–Kier alpha value is -2.18. The largest absolute Gasteiger partial charge is 0.345 e. The molecule has 6 heteroatoms. The monoisotopic (exact) mass is 435 g/mol. The number of hydrogen-bond donors (Lipinski definition) is 1. The zero-order valence-electron chi connectivity index (χ0n) is 19.3. The van der Waals surface area contributed by atoms with Gasteiger partial charge in [0.1, 0.15) is 16.0 Å². The maximum atomic E-state index is 5.23. The number of nitrogens with one attached hydrogen (secondary N) is 1. The lowest BCUT2D eigenvalue weighted by Crippen LogP contribution is -2.34. The molecule has 4 aromatic rings. The van der Waals surface area contributed by atoms with Crippen molar-refractivity contribution in [2.45, 2.75) is 64.3 Å². The fourth-order valence-corrected chi connectivity index (χ4v) is 6.44. The van der Waals surface area contributed by atoms with Gasteiger partial charge in [-0.25, -0.2) is 9.97 Å². The molecule has 0 amide bonds. The third-order valence-corrected chi connectivity index (χ3v) is 8.29. The molecule has 1 aliphatic carbocycles. The van der Waals surface area contributed by atoms with Gasteiger partial charge in [0.2, 0.25) is 0 Å². The van der Waals surface area contributed by atoms with E-state index in [0.29, 0.717) is 11.8 Å². The minimum absolute atomic E-state index is 0.402. The minimum Gasteiger partial charge on any atom is -0.345 e. The Morgan fingerprint density at radius 1 is 1.26 bits per heavy atom. The number of pyridine rings is 1. The van der Waals surface area contributed by atoms with Crippen molar-refractivity contribution in [3.8, 4) is 11.3 Å². The number of H-pyrrole nitrogens is 1. The lowest BCUT2D eigenvalue weighted by Gasteiger charge is -2.33. The molecule has 0 saturated heterocycles. The molecule has 4 aromatic heterocycles. The predicted octanol–water partition coefficient (Wildman–Crippen LogP) is 6.28. The molecule has 0 unspecified atom stereocenters. The smallest absolute Gasteiger partial charge is 0.140 e. The molecular weight excluding hydrogens is 402 g/mol. The van der Waals surface area contributed by atoms with Crippen molar-refractivity contribution in [1.29, 1.82) is 0 Å². The second kappa shape index (κ2) is 8.06. The standard InChI is InChI=1S/C25H33N5S/c1-6-29(4)17-11-9-16(10-12-17)24-28-22-20(15(2)3)21(27-25(22)31-24)19-14-30(5)23-18(19)8-7-13-26-23/h7-8,13-17,27H,6,9-12H2,1-5H3. The van der Waals surface area contributed by atoms with Crippen LogP contribution in [0.25, 0.3) is 32.6 Å². The summed E-state index contributed by atoms with van der Waals surface area (Å²) < 4.78 is 2.12. The van der Waals surface area contributed by atoms with Crippen molar-refractivity contribution >= 4 is 32.7 Å². The van der Waals surface area contributed by atoms with Gasteiger partial charge in [-0.1, -0.05) is 20.8 Å². The summed E-state index contributed by atoms with van der Waals surface area (Å²) in [6.45, 7) is 7.95. The van der Waals surface area contributed by atoms with Gasteiger partial charge >= 0.3 is 0 Å². The van der Waals surface area contributed by atoms with Crippen LogP contribution in [0.4, 0.5) is 0 Å². The third kappa shape index (κ3) is 3.50. The van der Waals surface area contributed by atoms with Crippen molar-refractivity contribution in [3.63, 3.8) is 0 Å². The maximum absolute atomic E-state index is 5.23. The molecule has 4 heterocycles. The van der Waals surface area contributed by atoms with E-state index in [2.05, 4.69) is 66.6 Å². The first-order valence-electron chi connectivity index (χ1n) is 11.6. The summed E-state index contributed by atoms with van der Waals surface area (Å²) in [6.07, 6.45) is 9.14. The van der Waals surface area contributed by atoms with Gasteiger partial charge < -0.3 is 14.5 Å². The number of rotatable bonds is 5. The molecule has 0 radical (unpaired) electrons. The highest BCUT2D eigenvalue weighted by atomic mass is 32.1. The SMILES string of the molecule is CCN(C)C1CCC(c2nc3c(C(C)C)c(-c4cn(C)c5ncccc45)[nH]c3s2)CC1. The van der Waals surface area contributed by atoms with Crippen LogP contribution in [0.15, 0.2) is 24.5 Å². The normalized spacial score (nSPS) is 20.0. The van der Waals surface area contributed by atoms with Crippen molar-refractivity contribution in [2.24, 2.45) is 7.05 Å². The summed E-state index contributed by atoms with van der Waals surface area (Å²) in [5.41, 5.74) is 5.98. The Morgan fingerprint density at radius 3 is 2.74 bits per heavy atom. The summed E-state index contributed by atoms with van der Waals surface area (Å²) in [6, 6.07) is 4.93. The van der Waals surface area contributed by atoms with E-state index >= 15 is 0 Å². The van der Waals surface area contributed by atoms with Crippen LogP contribution < -0.4 is 0 Å². The Bertz CT molecular complexity index is 1210. The highest BCUT2D eigenvalue weighted by molar-refractivity contribution is 7.18. The molecule has 0 aromatic carbocycles. The first-order chi connectivity index (χ1) is 15.0. The maximum Gasteiger partial charge on any atom is 0.140 e. The molecule has 1 aliphatic rings. The van der Waals surface area contributed by atoms with Gasteiger partial charge in [-0.05, 0) is 57.3 Å². The van der Waals surface area contributed by atoms with Gasteiger partial charge in [0.05, 0.1) is 10.7 Å². The van der Waals surface area contributed by atoms with Crippen LogP contribution in [-0.4, -0.2) is 44.1 Å². The van der Waals surface area contributed by atoms with Gasteiger partial charge in [0, 0.05) is 47.9 Å². The Kier molecular flexibility index (Phi) is 5.39. The third-order valence-electron chi connectivity index (χ3n) is 7.16. The summed E-state index contributed by atoms with van der Waals surface area (Å²) in [4.78, 5) is 17.3. The zero-order chi connectivity index (χ0) is 21.7. The second-order valence-corrected chi connectivity index (χ2v) is 10.4. The molecule has 1 saturated carbocycles. The number of hydrogen-bond acceptors (Lipinski definition) is 4. The quantitative estimate of drug-likeness (QED) is 0.401. The summed E-state index contributed by atoms with van der Waals surface area (Å²) in [5.74, 6) is 1.01. The van der Waals surface area contributed by atoms with Crippen LogP contribution in [0.1, 0.15) is 68.9 Å². The van der Waals surface area contributed by atoms with Crippen molar-refractivity contribution in [3.05, 3.63) is 35.1 Å². The van der Waals surface area contributed by atoms with E-state index in [1.54, 1.807) is 0 Å². The van der Waals surface area contributed by atoms with Crippen LogP contribution in [-0.2, 0) is 7.05 Å². The van der Waals surface area contributed by atoms with E-state index in [-0.39, 0.29) is 0 Å². The predicted molar refractivity (Wildman–Crippen MR) is 131 cm³/mol. The van der Waals surface area contributed by atoms with E-state index in [9.17, 15) is 0 Å². The first kappa shape index (κ1) is 20.7. The molecule has 1 fully saturated rings. The lowest BCUT2D eigenvalue weighted by atomic mass is 9.86. The highest BCUT2D eigenvalue weighted by Gasteiger charge is 2.28. The van der Waals surface area contributed by atoms with Crippen LogP contribution >= 0.6 is 11.3 Å². The summed E-state index contributed by atoms with van der Waals surface area (Å²) in [5, 5.41) is 2.52. The number of aryl methyl sites for hydroxylation is 1. The Morgan fingerprint density at radius 2 is 2.03 bits per heavy atom. The van der Waals surface area contributed by atoms with Crippen LogP contribution in [0, 0.1) is 0 Å². The van der Waals surface area contributed by atoms with Crippen LogP contribution in [0.2, 0.25) is 0 Å². The summed E-state index contributed by atoms with van der Waals surface area (Å²) >= 11 is 1.88. The fourth-order valence-electron chi connectivity index (χ4n) is 5.29. The first-order valence-corrected chi connectivity index (χ1v) is 12.4. The van der Waals surface area contributed by atoms with Crippen LogP contribution in [0.3, 0.4) is 0 Å². The number of aromatic amines is 1. The van der Waals surface area contributed by atoms with Gasteiger partial charge in [0.15, 0.2) is 0 Å². The number of aromatic nitrogens is 4. The molecule has 0 bridgehead atoms. The molecule has 0 spiro atoms. The van der Waals surface area contributed by atoms with Gasteiger partial charge in [-0.2, -0.15) is 0 Å². The molecule has 164 valence electrons. The number of fused-ring (bicyclic) bond motifs is 2. The van der Waals surface area contributed by atoms with E-state index in [0.717, 1.165) is 18.2 Å². The second-order valence-electron chi connectivity index (χ2n) is 9.41. The van der Waals surface area contributed by atoms with E-state index in [4.69, 9.17) is 4.98 Å². The average Bonchev–Trinajstić information content (AvgIpc) is 3.44. The Balaban J connectivity index is 1.52. The molecule has 5 rings (SSSR count). The molecule has 5 nitrogen and oxygen atoms in total. The van der Waals surface area contributed by atoms with Crippen molar-refractivity contribution < 1.29 is 0 Å². The molecule has 1 N–H and O–H groups in total. The zero-order valence-corrected chi connectivity index (χ0v) is 20.1. The highest BCUT2D eigenvalue weighted by Crippen LogP contribution is 2.43. The molecule has 0 aliphatic heterocycles. The van der Waals surface area contributed by atoms with Crippen LogP contribution in [0.5, 0.6) is 0 Å². The number of nitrogens with zero attached hydrogens (tertiary/aromatic N) is 4. The van der Waals surface area contributed by atoms with E-state index < -0.39 is 0 Å². The fraction of sp³-hybridized carbons (Fsp3) is 0.520. The van der Waals surface area contributed by atoms with Gasteiger partial charge in [0.25, 0.3) is 0 Å². The number of thiazole rings is 1. The van der Waals surface area contributed by atoms with Gasteiger partial charge in [-0.15, -0.1) is 11.3 Å². The average molecular weight is 436 g/mol. The van der Waals surface area contributed by atoms with Crippen molar-refractivity contribution in [1.82, 2.24) is 24.4 Å². The lowest BCUT2D eigenvalue weighted by molar-refractivity contribution is 0.190. The minimum atomic E-state index is 0.402. The summed E-state index contributed by atoms with van der Waals surface area (Å²) in [7, 11) is 4.33. The van der Waals surface area contributed by atoms with E-state index in [1.807, 2.05) is 23.6 Å². The topological polar surface area (TPSA) is 49.7 Å². The molecule has 0 atom stereocenters. The van der Waals surface area contributed by atoms with E-state index in [1.165, 1.54) is 63.2 Å².